The van der Waals surface area contributed by atoms with Crippen molar-refractivity contribution < 1.29 is 0 Å². The van der Waals surface area contributed by atoms with E-state index >= 15 is 0 Å². The fourth-order valence-corrected chi connectivity index (χ4v) is 3.02. The fourth-order valence-electron chi connectivity index (χ4n) is 3.02. The van der Waals surface area contributed by atoms with Gasteiger partial charge in [0.05, 0.1) is 0 Å². The Hall–Kier alpha value is -1.22. The van der Waals surface area contributed by atoms with Gasteiger partial charge in [0.1, 0.15) is 0 Å². The van der Waals surface area contributed by atoms with Gasteiger partial charge in [0.2, 0.25) is 0 Å². The normalized spacial score (nSPS) is 10.4. The Morgan fingerprint density at radius 2 is 1.36 bits per heavy atom. The van der Waals surface area contributed by atoms with Gasteiger partial charge in [-0.1, -0.05) is 64.4 Å². The zero-order chi connectivity index (χ0) is 16.2. The van der Waals surface area contributed by atoms with Crippen molar-refractivity contribution in [3.8, 4) is 11.8 Å². The molecular formula is C22H34. The summed E-state index contributed by atoms with van der Waals surface area (Å²) in [5.74, 6) is 6.44. The molecule has 0 unspecified atom stereocenters. The van der Waals surface area contributed by atoms with Crippen LogP contribution in [0.15, 0.2) is 12.1 Å². The summed E-state index contributed by atoms with van der Waals surface area (Å²) in [4.78, 5) is 0. The molecule has 0 atom stereocenters. The molecule has 0 saturated heterocycles. The first-order valence-corrected chi connectivity index (χ1v) is 9.28. The van der Waals surface area contributed by atoms with Crippen molar-refractivity contribution in [1.29, 1.82) is 0 Å². The summed E-state index contributed by atoms with van der Waals surface area (Å²) < 4.78 is 0. The molecule has 0 N–H and O–H groups in total. The third-order valence-corrected chi connectivity index (χ3v) is 4.42. The highest BCUT2D eigenvalue weighted by atomic mass is 14.1. The van der Waals surface area contributed by atoms with Crippen molar-refractivity contribution >= 4 is 0 Å². The molecule has 0 aliphatic carbocycles. The number of hydrogen-bond donors (Lipinski definition) is 0. The van der Waals surface area contributed by atoms with E-state index in [0.29, 0.717) is 0 Å². The van der Waals surface area contributed by atoms with Crippen LogP contribution in [0.1, 0.15) is 94.4 Å². The summed E-state index contributed by atoms with van der Waals surface area (Å²) in [6.45, 7) is 8.76. The van der Waals surface area contributed by atoms with E-state index in [0.717, 1.165) is 0 Å². The van der Waals surface area contributed by atoms with Crippen LogP contribution in [0.2, 0.25) is 0 Å². The van der Waals surface area contributed by atoms with Gasteiger partial charge in [-0.2, -0.15) is 0 Å². The van der Waals surface area contributed by atoms with Gasteiger partial charge in [-0.05, 0) is 62.3 Å². The highest BCUT2D eigenvalue weighted by Gasteiger charge is 2.06. The molecule has 0 spiro atoms. The van der Waals surface area contributed by atoms with Crippen LogP contribution in [0, 0.1) is 18.8 Å². The molecule has 1 rings (SSSR count). The van der Waals surface area contributed by atoms with Crippen LogP contribution in [0.4, 0.5) is 0 Å². The number of aryl methyl sites for hydroxylation is 3. The van der Waals surface area contributed by atoms with Gasteiger partial charge in [0.25, 0.3) is 0 Å². The lowest BCUT2D eigenvalue weighted by Crippen LogP contribution is -1.98. The molecule has 22 heavy (non-hydrogen) atoms. The number of benzene rings is 1. The Balaban J connectivity index is 2.75. The van der Waals surface area contributed by atoms with Crippen molar-refractivity contribution in [2.24, 2.45) is 0 Å². The second-order valence-electron chi connectivity index (χ2n) is 6.43. The zero-order valence-electron chi connectivity index (χ0n) is 15.2. The van der Waals surface area contributed by atoms with Gasteiger partial charge < -0.3 is 0 Å². The number of rotatable bonds is 10. The van der Waals surface area contributed by atoms with Gasteiger partial charge in [0, 0.05) is 5.56 Å². The van der Waals surface area contributed by atoms with Crippen LogP contribution < -0.4 is 0 Å². The van der Waals surface area contributed by atoms with E-state index in [4.69, 9.17) is 0 Å². The molecule has 0 saturated carbocycles. The Morgan fingerprint density at radius 1 is 0.773 bits per heavy atom. The molecule has 0 aliphatic heterocycles. The van der Waals surface area contributed by atoms with Gasteiger partial charge >= 0.3 is 0 Å². The first kappa shape index (κ1) is 18.8. The smallest absolute Gasteiger partial charge is 0.0280 e. The molecule has 0 aliphatic rings. The molecular weight excluding hydrogens is 264 g/mol. The average molecular weight is 299 g/mol. The monoisotopic (exact) mass is 298 g/mol. The summed E-state index contributed by atoms with van der Waals surface area (Å²) in [5.41, 5.74) is 5.70. The molecule has 0 heterocycles. The summed E-state index contributed by atoms with van der Waals surface area (Å²) in [6, 6.07) is 4.77. The van der Waals surface area contributed by atoms with Gasteiger partial charge in [-0.15, -0.1) is 5.92 Å². The number of hydrogen-bond acceptors (Lipinski definition) is 0. The van der Waals surface area contributed by atoms with Crippen molar-refractivity contribution in [3.05, 3.63) is 34.4 Å². The van der Waals surface area contributed by atoms with Crippen molar-refractivity contribution in [2.45, 2.75) is 91.9 Å². The maximum absolute atomic E-state index is 3.34. The minimum Gasteiger partial charge on any atom is -0.101 e. The highest BCUT2D eigenvalue weighted by Crippen LogP contribution is 2.21. The topological polar surface area (TPSA) is 0 Å². The first-order valence-electron chi connectivity index (χ1n) is 9.28. The lowest BCUT2D eigenvalue weighted by Gasteiger charge is -2.12. The highest BCUT2D eigenvalue weighted by molar-refractivity contribution is 5.47. The van der Waals surface area contributed by atoms with Crippen molar-refractivity contribution in [1.82, 2.24) is 0 Å². The molecule has 1 aromatic rings. The van der Waals surface area contributed by atoms with Gasteiger partial charge in [-0.3, -0.25) is 0 Å². The van der Waals surface area contributed by atoms with Crippen LogP contribution in [0.3, 0.4) is 0 Å². The number of unbranched alkanes of at least 4 members (excludes halogenated alkanes) is 6. The van der Waals surface area contributed by atoms with E-state index in [1.54, 1.807) is 0 Å². The third kappa shape index (κ3) is 6.69. The summed E-state index contributed by atoms with van der Waals surface area (Å²) >= 11 is 0. The van der Waals surface area contributed by atoms with Gasteiger partial charge in [0.15, 0.2) is 0 Å². The minimum absolute atomic E-state index is 1.18. The lowest BCUT2D eigenvalue weighted by atomic mass is 9.93. The molecule has 122 valence electrons. The van der Waals surface area contributed by atoms with Crippen LogP contribution in [-0.2, 0) is 12.8 Å². The van der Waals surface area contributed by atoms with Crippen molar-refractivity contribution in [3.63, 3.8) is 0 Å². The predicted molar refractivity (Wildman–Crippen MR) is 99.4 cm³/mol. The predicted octanol–water partition coefficient (Wildman–Crippen LogP) is 6.61. The molecule has 0 amide bonds. The fraction of sp³-hybridized carbons (Fsp3) is 0.636. The second kappa shape index (κ2) is 11.4. The maximum Gasteiger partial charge on any atom is 0.0280 e. The zero-order valence-corrected chi connectivity index (χ0v) is 15.2. The quantitative estimate of drug-likeness (QED) is 0.336. The van der Waals surface area contributed by atoms with Crippen molar-refractivity contribution in [2.75, 3.05) is 0 Å². The summed E-state index contributed by atoms with van der Waals surface area (Å²) in [7, 11) is 0. The first-order chi connectivity index (χ1) is 10.7. The molecule has 0 heteroatoms. The third-order valence-electron chi connectivity index (χ3n) is 4.42. The van der Waals surface area contributed by atoms with E-state index in [2.05, 4.69) is 44.7 Å². The van der Waals surface area contributed by atoms with E-state index in [9.17, 15) is 0 Å². The van der Waals surface area contributed by atoms with Crippen LogP contribution in [0.25, 0.3) is 0 Å². The van der Waals surface area contributed by atoms with E-state index in [1.165, 1.54) is 86.5 Å². The molecule has 0 aromatic heterocycles. The Morgan fingerprint density at radius 3 is 1.91 bits per heavy atom. The Bertz CT molecular complexity index is 485. The summed E-state index contributed by atoms with van der Waals surface area (Å²) in [5, 5.41) is 0. The molecule has 0 nitrogen and oxygen atoms in total. The maximum atomic E-state index is 3.34. The van der Waals surface area contributed by atoms with Crippen LogP contribution in [0.5, 0.6) is 0 Å². The Kier molecular flexibility index (Phi) is 9.72. The standard InChI is InChI=1S/C22H34/c1-5-8-10-12-15-20-18-21(14-7-3)22(17-19(20)4)16-13-11-9-6-2/h17-18H,5-6,8-13,15-16H2,1-4H3. The SMILES string of the molecule is CC#Cc1cc(CCCCCC)c(C)cc1CCCCCC. The lowest BCUT2D eigenvalue weighted by molar-refractivity contribution is 0.662. The Labute approximate surface area is 138 Å². The van der Waals surface area contributed by atoms with Gasteiger partial charge in [-0.25, -0.2) is 0 Å². The van der Waals surface area contributed by atoms with E-state index in [1.807, 2.05) is 6.92 Å². The van der Waals surface area contributed by atoms with Crippen LogP contribution in [-0.4, -0.2) is 0 Å². The molecule has 0 radical (unpaired) electrons. The van der Waals surface area contributed by atoms with E-state index < -0.39 is 0 Å². The molecule has 1 aromatic carbocycles. The van der Waals surface area contributed by atoms with Crippen LogP contribution >= 0.6 is 0 Å². The molecule has 0 bridgehead atoms. The minimum atomic E-state index is 1.18. The van der Waals surface area contributed by atoms with E-state index in [-0.39, 0.29) is 0 Å². The second-order valence-corrected chi connectivity index (χ2v) is 6.43. The summed E-state index contributed by atoms with van der Waals surface area (Å²) in [6.07, 6.45) is 13.0. The average Bonchev–Trinajstić information content (AvgIpc) is 2.51. The molecule has 0 fully saturated rings. The largest absolute Gasteiger partial charge is 0.101 e.